The Balaban J connectivity index is 0. The van der Waals surface area contributed by atoms with E-state index in [2.05, 4.69) is 27.7 Å². The van der Waals surface area contributed by atoms with Crippen LogP contribution in [0.5, 0.6) is 0 Å². The number of carboxylic acid groups (broad SMARTS) is 2. The second-order valence-corrected chi connectivity index (χ2v) is 8.05. The average molecular weight is 401 g/mol. The summed E-state index contributed by atoms with van der Waals surface area (Å²) < 4.78 is 0. The maximum Gasteiger partial charge on any atom is 0.306 e. The van der Waals surface area contributed by atoms with Crippen molar-refractivity contribution in [1.29, 1.82) is 0 Å². The molecule has 2 unspecified atom stereocenters. The van der Waals surface area contributed by atoms with Crippen molar-refractivity contribution in [2.75, 3.05) is 0 Å². The van der Waals surface area contributed by atoms with Gasteiger partial charge in [0.2, 0.25) is 0 Å². The summed E-state index contributed by atoms with van der Waals surface area (Å²) in [6, 6.07) is 0. The maximum atomic E-state index is 10.9. The monoisotopic (exact) mass is 400 g/mol. The largest absolute Gasteiger partial charge is 0.481 e. The van der Waals surface area contributed by atoms with E-state index in [0.29, 0.717) is 0 Å². The van der Waals surface area contributed by atoms with Crippen LogP contribution >= 0.6 is 0 Å². The molecule has 0 aromatic carbocycles. The van der Waals surface area contributed by atoms with Gasteiger partial charge in [-0.25, -0.2) is 0 Å². The summed E-state index contributed by atoms with van der Waals surface area (Å²) in [7, 11) is 0. The molecule has 168 valence electrons. The first kappa shape index (κ1) is 29.1. The van der Waals surface area contributed by atoms with Crippen LogP contribution < -0.4 is 0 Å². The molecule has 0 radical (unpaired) electrons. The Morgan fingerprint density at radius 2 is 0.786 bits per heavy atom. The Morgan fingerprint density at radius 3 is 1.04 bits per heavy atom. The van der Waals surface area contributed by atoms with E-state index in [4.69, 9.17) is 10.2 Å². The van der Waals surface area contributed by atoms with E-state index in [-0.39, 0.29) is 11.8 Å². The van der Waals surface area contributed by atoms with E-state index in [9.17, 15) is 9.59 Å². The zero-order valence-corrected chi connectivity index (χ0v) is 19.2. The molecule has 28 heavy (non-hydrogen) atoms. The van der Waals surface area contributed by atoms with Crippen molar-refractivity contribution in [3.05, 3.63) is 0 Å². The third-order valence-corrected chi connectivity index (χ3v) is 5.32. The first-order valence-electron chi connectivity index (χ1n) is 11.9. The fourth-order valence-electron chi connectivity index (χ4n) is 3.32. The summed E-state index contributed by atoms with van der Waals surface area (Å²) in [5, 5.41) is 17.9. The van der Waals surface area contributed by atoms with Crippen molar-refractivity contribution in [2.45, 2.75) is 130 Å². The molecule has 0 aliphatic heterocycles. The van der Waals surface area contributed by atoms with Gasteiger partial charge in [-0.1, -0.05) is 105 Å². The number of hydrogen-bond acceptors (Lipinski definition) is 2. The third-order valence-electron chi connectivity index (χ3n) is 5.32. The number of aliphatic carboxylic acids is 2. The predicted molar refractivity (Wildman–Crippen MR) is 119 cm³/mol. The summed E-state index contributed by atoms with van der Waals surface area (Å²) >= 11 is 0. The average Bonchev–Trinajstić information content (AvgIpc) is 2.67. The van der Waals surface area contributed by atoms with Gasteiger partial charge in [0.05, 0.1) is 11.8 Å². The van der Waals surface area contributed by atoms with E-state index < -0.39 is 11.9 Å². The molecule has 0 spiro atoms. The van der Waals surface area contributed by atoms with Crippen LogP contribution in [0.1, 0.15) is 130 Å². The Labute approximate surface area is 174 Å². The quantitative estimate of drug-likeness (QED) is 0.231. The number of unbranched alkanes of at least 4 members (excludes halogenated alkanes) is 8. The molecule has 0 rings (SSSR count). The normalized spacial score (nSPS) is 12.7. The molecule has 0 aliphatic rings. The first-order chi connectivity index (χ1) is 13.4. The van der Waals surface area contributed by atoms with Crippen LogP contribution in [-0.2, 0) is 9.59 Å². The summed E-state index contributed by atoms with van der Waals surface area (Å²) in [6.45, 7) is 8.56. The Kier molecular flexibility index (Phi) is 23.1. The van der Waals surface area contributed by atoms with Crippen molar-refractivity contribution >= 4 is 11.9 Å². The molecule has 0 saturated heterocycles. The van der Waals surface area contributed by atoms with Crippen molar-refractivity contribution in [3.8, 4) is 0 Å². The molecule has 0 saturated carbocycles. The van der Waals surface area contributed by atoms with E-state index in [1.54, 1.807) is 0 Å². The second kappa shape index (κ2) is 22.2. The highest BCUT2D eigenvalue weighted by molar-refractivity contribution is 5.70. The van der Waals surface area contributed by atoms with Gasteiger partial charge in [0, 0.05) is 0 Å². The number of rotatable bonds is 18. The standard InChI is InChI=1S/2C12H24O2/c2*1-3-5-7-8-10-11(12(13)14)9-6-4-2/h2*11H,3-10H2,1-2H3,(H,13,14). The van der Waals surface area contributed by atoms with Crippen LogP contribution in [0.2, 0.25) is 0 Å². The van der Waals surface area contributed by atoms with E-state index in [1.165, 1.54) is 38.5 Å². The molecule has 0 aliphatic carbocycles. The molecule has 2 N–H and O–H groups in total. The minimum absolute atomic E-state index is 0.0909. The Bertz CT molecular complexity index is 321. The van der Waals surface area contributed by atoms with Crippen molar-refractivity contribution in [2.24, 2.45) is 11.8 Å². The second-order valence-electron chi connectivity index (χ2n) is 8.05. The summed E-state index contributed by atoms with van der Waals surface area (Å²) in [5.74, 6) is -1.39. The minimum atomic E-state index is -0.602. The van der Waals surface area contributed by atoms with Gasteiger partial charge in [0.25, 0.3) is 0 Å². The van der Waals surface area contributed by atoms with E-state index in [1.807, 2.05) is 0 Å². The molecule has 0 aromatic heterocycles. The smallest absolute Gasteiger partial charge is 0.306 e. The summed E-state index contributed by atoms with van der Waals surface area (Å²) in [6.07, 6.45) is 17.2. The van der Waals surface area contributed by atoms with E-state index in [0.717, 1.165) is 64.2 Å². The molecule has 0 heterocycles. The molecule has 2 atom stereocenters. The van der Waals surface area contributed by atoms with Crippen molar-refractivity contribution in [1.82, 2.24) is 0 Å². The third kappa shape index (κ3) is 19.7. The highest BCUT2D eigenvalue weighted by atomic mass is 16.4. The van der Waals surface area contributed by atoms with E-state index >= 15 is 0 Å². The highest BCUT2D eigenvalue weighted by Gasteiger charge is 2.16. The zero-order valence-electron chi connectivity index (χ0n) is 19.2. The fourth-order valence-corrected chi connectivity index (χ4v) is 3.32. The van der Waals surface area contributed by atoms with Crippen LogP contribution in [0, 0.1) is 11.8 Å². The van der Waals surface area contributed by atoms with Crippen LogP contribution in [0.15, 0.2) is 0 Å². The highest BCUT2D eigenvalue weighted by Crippen LogP contribution is 2.18. The predicted octanol–water partition coefficient (Wildman–Crippen LogP) is 7.70. The Morgan fingerprint density at radius 1 is 0.500 bits per heavy atom. The molecule has 4 heteroatoms. The van der Waals surface area contributed by atoms with Crippen LogP contribution in [0.3, 0.4) is 0 Å². The van der Waals surface area contributed by atoms with Crippen molar-refractivity contribution < 1.29 is 19.8 Å². The van der Waals surface area contributed by atoms with Crippen LogP contribution in [0.25, 0.3) is 0 Å². The first-order valence-corrected chi connectivity index (χ1v) is 11.9. The van der Waals surface area contributed by atoms with Gasteiger partial charge < -0.3 is 10.2 Å². The lowest BCUT2D eigenvalue weighted by Crippen LogP contribution is -2.13. The van der Waals surface area contributed by atoms with Gasteiger partial charge >= 0.3 is 11.9 Å². The lowest BCUT2D eigenvalue weighted by molar-refractivity contribution is -0.143. The van der Waals surface area contributed by atoms with Gasteiger partial charge in [-0.2, -0.15) is 0 Å². The van der Waals surface area contributed by atoms with Gasteiger partial charge in [0.15, 0.2) is 0 Å². The van der Waals surface area contributed by atoms with Gasteiger partial charge in [-0.15, -0.1) is 0 Å². The summed E-state index contributed by atoms with van der Waals surface area (Å²) in [4.78, 5) is 21.7. The van der Waals surface area contributed by atoms with Gasteiger partial charge in [0.1, 0.15) is 0 Å². The Hall–Kier alpha value is -1.06. The molecule has 0 aromatic rings. The lowest BCUT2D eigenvalue weighted by Gasteiger charge is -2.10. The zero-order chi connectivity index (χ0) is 21.6. The van der Waals surface area contributed by atoms with Crippen LogP contribution in [0.4, 0.5) is 0 Å². The molecule has 0 fully saturated rings. The topological polar surface area (TPSA) is 74.6 Å². The summed E-state index contributed by atoms with van der Waals surface area (Å²) in [5.41, 5.74) is 0. The maximum absolute atomic E-state index is 10.9. The molecular formula is C24H48O4. The SMILES string of the molecule is CCCCCCC(CCCC)C(=O)O.CCCCCCC(CCCC)C(=O)O. The molecule has 0 amide bonds. The van der Waals surface area contributed by atoms with Gasteiger partial charge in [-0.05, 0) is 25.7 Å². The molecule has 4 nitrogen and oxygen atoms in total. The fraction of sp³-hybridized carbons (Fsp3) is 0.917. The number of hydrogen-bond donors (Lipinski definition) is 2. The number of carbonyl (C=O) groups is 2. The lowest BCUT2D eigenvalue weighted by atomic mass is 9.95. The molecular weight excluding hydrogens is 352 g/mol. The van der Waals surface area contributed by atoms with Crippen LogP contribution in [-0.4, -0.2) is 22.2 Å². The molecule has 0 bridgehead atoms. The number of carboxylic acids is 2. The van der Waals surface area contributed by atoms with Gasteiger partial charge in [-0.3, -0.25) is 9.59 Å². The van der Waals surface area contributed by atoms with Crippen molar-refractivity contribution in [3.63, 3.8) is 0 Å². The minimum Gasteiger partial charge on any atom is -0.481 e.